The molecule has 0 spiro atoms. The van der Waals surface area contributed by atoms with Crippen LogP contribution in [0.1, 0.15) is 77.6 Å². The van der Waals surface area contributed by atoms with Gasteiger partial charge < -0.3 is 19.7 Å². The van der Waals surface area contributed by atoms with Crippen molar-refractivity contribution in [3.8, 4) is 11.5 Å². The third kappa shape index (κ3) is 13.0. The smallest absolute Gasteiger partial charge is 0.123 e. The minimum absolute atomic E-state index is 0.157. The zero-order valence-electron chi connectivity index (χ0n) is 16.5. The molecule has 0 fully saturated rings. The summed E-state index contributed by atoms with van der Waals surface area (Å²) in [5.41, 5.74) is 0. The Morgan fingerprint density at radius 2 is 1.46 bits per heavy atom. The van der Waals surface area contributed by atoms with Gasteiger partial charge in [-0.1, -0.05) is 77.2 Å². The van der Waals surface area contributed by atoms with E-state index in [2.05, 4.69) is 6.92 Å². The minimum Gasteiger partial charge on any atom is -0.508 e. The van der Waals surface area contributed by atoms with Crippen LogP contribution in [0.25, 0.3) is 0 Å². The molecule has 0 saturated carbocycles. The van der Waals surface area contributed by atoms with Gasteiger partial charge in [-0.3, -0.25) is 0 Å². The molecule has 2 N–H and O–H groups in total. The van der Waals surface area contributed by atoms with Crippen molar-refractivity contribution < 1.29 is 19.7 Å². The molecule has 1 atom stereocenters. The van der Waals surface area contributed by atoms with Gasteiger partial charge in [0.15, 0.2) is 0 Å². The number of aliphatic hydroxyl groups is 1. The van der Waals surface area contributed by atoms with Crippen LogP contribution < -0.4 is 4.74 Å². The highest BCUT2D eigenvalue weighted by atomic mass is 16.5. The highest BCUT2D eigenvalue weighted by molar-refractivity contribution is 5.31. The molecule has 0 aliphatic rings. The second-order valence-electron chi connectivity index (χ2n) is 7.07. The highest BCUT2D eigenvalue weighted by Gasteiger charge is 2.06. The first-order valence-electron chi connectivity index (χ1n) is 10.4. The van der Waals surface area contributed by atoms with E-state index in [1.54, 1.807) is 18.2 Å². The number of benzene rings is 1. The molecule has 26 heavy (non-hydrogen) atoms. The summed E-state index contributed by atoms with van der Waals surface area (Å²) in [6.45, 7) is 3.41. The Hall–Kier alpha value is -1.26. The Morgan fingerprint density at radius 1 is 0.846 bits per heavy atom. The number of unbranched alkanes of at least 4 members (excludes halogenated alkanes) is 10. The largest absolute Gasteiger partial charge is 0.508 e. The van der Waals surface area contributed by atoms with Crippen LogP contribution in [0, 0.1) is 0 Å². The number of rotatable bonds is 17. The first-order valence-corrected chi connectivity index (χ1v) is 10.4. The van der Waals surface area contributed by atoms with E-state index >= 15 is 0 Å². The van der Waals surface area contributed by atoms with E-state index in [9.17, 15) is 10.2 Å². The van der Waals surface area contributed by atoms with Crippen molar-refractivity contribution >= 4 is 0 Å². The lowest BCUT2D eigenvalue weighted by Gasteiger charge is -2.13. The van der Waals surface area contributed by atoms with E-state index in [0.717, 1.165) is 6.42 Å². The molecule has 0 aliphatic carbocycles. The molecule has 4 nitrogen and oxygen atoms in total. The predicted octanol–water partition coefficient (Wildman–Crippen LogP) is 5.46. The van der Waals surface area contributed by atoms with Crippen LogP contribution in [0.2, 0.25) is 0 Å². The quantitative estimate of drug-likeness (QED) is 0.359. The van der Waals surface area contributed by atoms with Gasteiger partial charge in [-0.25, -0.2) is 0 Å². The van der Waals surface area contributed by atoms with Crippen molar-refractivity contribution in [2.45, 2.75) is 83.7 Å². The van der Waals surface area contributed by atoms with E-state index in [4.69, 9.17) is 9.47 Å². The number of hydrogen-bond donors (Lipinski definition) is 2. The van der Waals surface area contributed by atoms with E-state index in [-0.39, 0.29) is 19.0 Å². The normalized spacial score (nSPS) is 12.2. The lowest BCUT2D eigenvalue weighted by atomic mass is 10.1. The topological polar surface area (TPSA) is 58.9 Å². The fourth-order valence-corrected chi connectivity index (χ4v) is 2.90. The third-order valence-corrected chi connectivity index (χ3v) is 4.46. The number of hydrogen-bond acceptors (Lipinski definition) is 4. The first-order chi connectivity index (χ1) is 12.7. The summed E-state index contributed by atoms with van der Waals surface area (Å²) >= 11 is 0. The van der Waals surface area contributed by atoms with Crippen molar-refractivity contribution in [3.05, 3.63) is 24.3 Å². The molecule has 0 bridgehead atoms. The van der Waals surface area contributed by atoms with E-state index < -0.39 is 6.10 Å². The Morgan fingerprint density at radius 3 is 2.08 bits per heavy atom. The molecule has 0 aliphatic heterocycles. The fraction of sp³-hybridized carbons (Fsp3) is 0.727. The number of aliphatic hydroxyl groups excluding tert-OH is 1. The van der Waals surface area contributed by atoms with Crippen molar-refractivity contribution in [1.82, 2.24) is 0 Å². The SMILES string of the molecule is CCCCCCCCCCCCCOCC(O)COc1cccc(O)c1. The van der Waals surface area contributed by atoms with Gasteiger partial charge in [0.25, 0.3) is 0 Å². The summed E-state index contributed by atoms with van der Waals surface area (Å²) < 4.78 is 10.9. The van der Waals surface area contributed by atoms with Crippen molar-refractivity contribution in [3.63, 3.8) is 0 Å². The molecule has 0 amide bonds. The summed E-state index contributed by atoms with van der Waals surface area (Å²) in [7, 11) is 0. The molecule has 0 radical (unpaired) electrons. The molecule has 0 heterocycles. The molecular formula is C22H38O4. The summed E-state index contributed by atoms with van der Waals surface area (Å²) in [4.78, 5) is 0. The van der Waals surface area contributed by atoms with Gasteiger partial charge in [0.2, 0.25) is 0 Å². The Labute approximate surface area is 159 Å². The summed E-state index contributed by atoms with van der Waals surface area (Å²) in [5.74, 6) is 0.708. The number of aromatic hydroxyl groups is 1. The van der Waals surface area contributed by atoms with Gasteiger partial charge in [-0.15, -0.1) is 0 Å². The predicted molar refractivity (Wildman–Crippen MR) is 107 cm³/mol. The maximum Gasteiger partial charge on any atom is 0.123 e. The molecule has 4 heteroatoms. The molecule has 1 aromatic rings. The van der Waals surface area contributed by atoms with Gasteiger partial charge in [-0.2, -0.15) is 0 Å². The number of phenolic OH excluding ortho intramolecular Hbond substituents is 1. The van der Waals surface area contributed by atoms with Gasteiger partial charge >= 0.3 is 0 Å². The average Bonchev–Trinajstić information content (AvgIpc) is 2.64. The van der Waals surface area contributed by atoms with Crippen LogP contribution in [0.3, 0.4) is 0 Å². The summed E-state index contributed by atoms with van der Waals surface area (Å²) in [6, 6.07) is 6.57. The zero-order valence-corrected chi connectivity index (χ0v) is 16.5. The monoisotopic (exact) mass is 366 g/mol. The lowest BCUT2D eigenvalue weighted by molar-refractivity contribution is 0.0109. The molecule has 0 saturated heterocycles. The van der Waals surface area contributed by atoms with Crippen molar-refractivity contribution in [2.75, 3.05) is 19.8 Å². The average molecular weight is 367 g/mol. The maximum atomic E-state index is 9.84. The maximum absolute atomic E-state index is 9.84. The molecule has 1 aromatic carbocycles. The second-order valence-corrected chi connectivity index (χ2v) is 7.07. The second kappa shape index (κ2) is 16.0. The van der Waals surface area contributed by atoms with Crippen LogP contribution in [0.5, 0.6) is 11.5 Å². The number of ether oxygens (including phenoxy) is 2. The Kier molecular flexibility index (Phi) is 14.0. The van der Waals surface area contributed by atoms with E-state index in [1.807, 2.05) is 0 Å². The zero-order chi connectivity index (χ0) is 18.9. The molecule has 1 rings (SSSR count). The van der Waals surface area contributed by atoms with Crippen molar-refractivity contribution in [2.24, 2.45) is 0 Å². The molecule has 0 aromatic heterocycles. The standard InChI is InChI=1S/C22H38O4/c1-2-3-4-5-6-7-8-9-10-11-12-16-25-18-21(24)19-26-22-15-13-14-20(23)17-22/h13-15,17,21,23-24H,2-12,16,18-19H2,1H3. The number of phenols is 1. The highest BCUT2D eigenvalue weighted by Crippen LogP contribution is 2.17. The van der Waals surface area contributed by atoms with Gasteiger partial charge in [0, 0.05) is 12.7 Å². The van der Waals surface area contributed by atoms with E-state index in [0.29, 0.717) is 12.4 Å². The minimum atomic E-state index is -0.648. The van der Waals surface area contributed by atoms with Gasteiger partial charge in [0.05, 0.1) is 6.61 Å². The molecule has 1 unspecified atom stereocenters. The summed E-state index contributed by atoms with van der Waals surface area (Å²) in [5, 5.41) is 19.2. The first kappa shape index (κ1) is 22.8. The van der Waals surface area contributed by atoms with Crippen LogP contribution >= 0.6 is 0 Å². The van der Waals surface area contributed by atoms with Crippen LogP contribution in [-0.2, 0) is 4.74 Å². The summed E-state index contributed by atoms with van der Waals surface area (Å²) in [6.07, 6.45) is 13.9. The van der Waals surface area contributed by atoms with Crippen LogP contribution in [0.15, 0.2) is 24.3 Å². The van der Waals surface area contributed by atoms with Gasteiger partial charge in [0.1, 0.15) is 24.2 Å². The third-order valence-electron chi connectivity index (χ3n) is 4.46. The Bertz CT molecular complexity index is 436. The molecule has 150 valence electrons. The van der Waals surface area contributed by atoms with Crippen LogP contribution in [0.4, 0.5) is 0 Å². The fourth-order valence-electron chi connectivity index (χ4n) is 2.90. The van der Waals surface area contributed by atoms with E-state index in [1.165, 1.54) is 70.3 Å². The van der Waals surface area contributed by atoms with Gasteiger partial charge in [-0.05, 0) is 18.6 Å². The molecular weight excluding hydrogens is 328 g/mol. The Balaban J connectivity index is 1.83. The lowest BCUT2D eigenvalue weighted by Crippen LogP contribution is -2.23. The van der Waals surface area contributed by atoms with Crippen LogP contribution in [-0.4, -0.2) is 36.1 Å². The van der Waals surface area contributed by atoms with Crippen molar-refractivity contribution in [1.29, 1.82) is 0 Å².